The van der Waals surface area contributed by atoms with Gasteiger partial charge in [-0.25, -0.2) is 8.78 Å². The summed E-state index contributed by atoms with van der Waals surface area (Å²) < 4.78 is 107. The van der Waals surface area contributed by atoms with Crippen molar-refractivity contribution in [2.24, 2.45) is 0 Å². The fourth-order valence-electron chi connectivity index (χ4n) is 4.32. The number of fused-ring (bicyclic) bond motifs is 1. The summed E-state index contributed by atoms with van der Waals surface area (Å²) in [4.78, 5) is 0. The molecule has 0 saturated heterocycles. The van der Waals surface area contributed by atoms with Crippen LogP contribution in [0, 0.1) is 11.6 Å². The second-order valence-electron chi connectivity index (χ2n) is 9.06. The normalized spacial score (nSPS) is 15.9. The number of benzene rings is 3. The van der Waals surface area contributed by atoms with Gasteiger partial charge in [-0.05, 0) is 64.9 Å². The van der Waals surface area contributed by atoms with Crippen molar-refractivity contribution in [2.45, 2.75) is 64.0 Å². The van der Waals surface area contributed by atoms with Gasteiger partial charge in [-0.2, -0.15) is 22.0 Å². The Labute approximate surface area is 210 Å². The van der Waals surface area contributed by atoms with Crippen molar-refractivity contribution in [3.05, 3.63) is 88.5 Å². The van der Waals surface area contributed by atoms with E-state index in [1.54, 1.807) is 12.1 Å². The van der Waals surface area contributed by atoms with Gasteiger partial charge in [0.15, 0.2) is 6.10 Å². The van der Waals surface area contributed by atoms with Crippen LogP contribution in [0.25, 0.3) is 11.1 Å². The molecule has 198 valence electrons. The van der Waals surface area contributed by atoms with E-state index >= 15 is 0 Å². The molecule has 1 atom stereocenters. The zero-order chi connectivity index (χ0) is 26.8. The monoisotopic (exact) mass is 526 g/mol. The van der Waals surface area contributed by atoms with Crippen molar-refractivity contribution in [3.63, 3.8) is 0 Å². The Kier molecular flexibility index (Phi) is 7.83. The molecule has 3 aromatic rings. The maximum absolute atomic E-state index is 14.9. The quantitative estimate of drug-likeness (QED) is 0.216. The molecule has 1 unspecified atom stereocenters. The minimum absolute atomic E-state index is 0.0970. The summed E-state index contributed by atoms with van der Waals surface area (Å²) >= 11 is 0. The molecule has 1 heterocycles. The molecule has 0 radical (unpaired) electrons. The summed E-state index contributed by atoms with van der Waals surface area (Å²) in [5.74, 6) is -3.43. The first-order valence-electron chi connectivity index (χ1n) is 11.9. The molecule has 0 spiro atoms. The van der Waals surface area contributed by atoms with Crippen LogP contribution in [0.5, 0.6) is 5.75 Å². The highest BCUT2D eigenvalue weighted by molar-refractivity contribution is 5.64. The molecule has 0 aromatic heterocycles. The Morgan fingerprint density at radius 1 is 0.838 bits per heavy atom. The number of aryl methyl sites for hydroxylation is 1. The predicted octanol–water partition coefficient (Wildman–Crippen LogP) is 8.50. The summed E-state index contributed by atoms with van der Waals surface area (Å²) in [5.41, 5.74) is 0.572. The van der Waals surface area contributed by atoms with Gasteiger partial charge in [0.1, 0.15) is 22.9 Å². The molecule has 2 nitrogen and oxygen atoms in total. The average molecular weight is 526 g/mol. The number of hydrogen-bond donors (Lipinski definition) is 0. The van der Waals surface area contributed by atoms with Crippen LogP contribution in [-0.4, -0.2) is 12.3 Å². The van der Waals surface area contributed by atoms with Crippen molar-refractivity contribution < 1.29 is 40.2 Å². The number of hydrogen-bond acceptors (Lipinski definition) is 2. The first kappa shape index (κ1) is 27.0. The molecular formula is C28H25F7O2. The summed E-state index contributed by atoms with van der Waals surface area (Å²) in [6, 6.07) is 12.0. The number of ether oxygens (including phenoxy) is 2. The van der Waals surface area contributed by atoms with E-state index in [4.69, 9.17) is 4.74 Å². The van der Waals surface area contributed by atoms with Gasteiger partial charge in [-0.3, -0.25) is 0 Å². The van der Waals surface area contributed by atoms with E-state index in [0.29, 0.717) is 5.56 Å². The highest BCUT2D eigenvalue weighted by Gasteiger charge is 2.44. The third kappa shape index (κ3) is 6.26. The fourth-order valence-corrected chi connectivity index (χ4v) is 4.32. The van der Waals surface area contributed by atoms with Crippen molar-refractivity contribution >= 4 is 0 Å². The van der Waals surface area contributed by atoms with Gasteiger partial charge in [0, 0.05) is 6.42 Å². The van der Waals surface area contributed by atoms with Crippen LogP contribution in [0.2, 0.25) is 0 Å². The maximum atomic E-state index is 14.9. The van der Waals surface area contributed by atoms with Crippen LogP contribution in [-0.2, 0) is 30.3 Å². The topological polar surface area (TPSA) is 18.5 Å². The molecule has 9 heteroatoms. The van der Waals surface area contributed by atoms with Crippen LogP contribution in [0.15, 0.2) is 54.6 Å². The Hall–Kier alpha value is -3.07. The third-order valence-corrected chi connectivity index (χ3v) is 6.32. The summed E-state index contributed by atoms with van der Waals surface area (Å²) in [5, 5.41) is 0. The zero-order valence-corrected chi connectivity index (χ0v) is 20.0. The second-order valence-corrected chi connectivity index (χ2v) is 9.06. The first-order valence-corrected chi connectivity index (χ1v) is 11.9. The Morgan fingerprint density at radius 3 is 2.14 bits per heavy atom. The lowest BCUT2D eigenvalue weighted by Gasteiger charge is -2.27. The van der Waals surface area contributed by atoms with Crippen LogP contribution >= 0.6 is 0 Å². The zero-order valence-electron chi connectivity index (χ0n) is 20.0. The van der Waals surface area contributed by atoms with Crippen molar-refractivity contribution in [3.8, 4) is 16.9 Å². The van der Waals surface area contributed by atoms with Gasteiger partial charge in [0.25, 0.3) is 0 Å². The van der Waals surface area contributed by atoms with Gasteiger partial charge in [0.2, 0.25) is 0 Å². The van der Waals surface area contributed by atoms with E-state index in [9.17, 15) is 30.7 Å². The van der Waals surface area contributed by atoms with E-state index in [1.807, 2.05) is 12.1 Å². The molecule has 0 fully saturated rings. The number of alkyl halides is 5. The molecule has 0 N–H and O–H groups in total. The molecule has 1 aliphatic rings. The van der Waals surface area contributed by atoms with Gasteiger partial charge in [-0.15, -0.1) is 0 Å². The van der Waals surface area contributed by atoms with Crippen molar-refractivity contribution in [2.75, 3.05) is 0 Å². The Balaban J connectivity index is 1.52. The third-order valence-electron chi connectivity index (χ3n) is 6.32. The average Bonchev–Trinajstić information content (AvgIpc) is 2.83. The Bertz CT molecular complexity index is 1210. The van der Waals surface area contributed by atoms with E-state index < -0.39 is 54.4 Å². The van der Waals surface area contributed by atoms with Crippen LogP contribution in [0.4, 0.5) is 30.7 Å². The number of unbranched alkanes of at least 4 members (excludes halogenated alkanes) is 2. The predicted molar refractivity (Wildman–Crippen MR) is 124 cm³/mol. The standard InChI is InChI=1S/C28H25F7O2/c1-2-3-4-5-17-6-8-18(9-7-17)20-13-23(29)26(24(30)14-20)28(34,35)37-22-11-10-19-15-25(27(31,32)33)36-16-21(19)12-22/h6-14,25H,2-5,15-16H2,1H3. The highest BCUT2D eigenvalue weighted by Crippen LogP contribution is 2.39. The first-order chi connectivity index (χ1) is 17.5. The molecule has 37 heavy (non-hydrogen) atoms. The molecule has 0 saturated carbocycles. The molecule has 3 aromatic carbocycles. The SMILES string of the molecule is CCCCCc1ccc(-c2cc(F)c(C(F)(F)Oc3ccc4c(c3)COC(C(F)(F)F)C4)c(F)c2)cc1. The lowest BCUT2D eigenvalue weighted by molar-refractivity contribution is -0.226. The van der Waals surface area contributed by atoms with Crippen LogP contribution in [0.3, 0.4) is 0 Å². The van der Waals surface area contributed by atoms with Gasteiger partial charge in [-0.1, -0.05) is 50.1 Å². The number of halogens is 7. The fraction of sp³-hybridized carbons (Fsp3) is 0.357. The molecule has 0 bridgehead atoms. The lowest BCUT2D eigenvalue weighted by Crippen LogP contribution is -2.36. The summed E-state index contributed by atoms with van der Waals surface area (Å²) in [6.45, 7) is 1.64. The largest absolute Gasteiger partial charge is 0.432 e. The van der Waals surface area contributed by atoms with Crippen molar-refractivity contribution in [1.82, 2.24) is 0 Å². The van der Waals surface area contributed by atoms with E-state index in [2.05, 4.69) is 11.7 Å². The summed E-state index contributed by atoms with van der Waals surface area (Å²) in [7, 11) is 0. The molecular weight excluding hydrogens is 501 g/mol. The Morgan fingerprint density at radius 2 is 1.51 bits per heavy atom. The minimum atomic E-state index is -4.56. The highest BCUT2D eigenvalue weighted by atomic mass is 19.4. The maximum Gasteiger partial charge on any atom is 0.432 e. The molecule has 0 aliphatic carbocycles. The lowest BCUT2D eigenvalue weighted by atomic mass is 9.98. The van der Waals surface area contributed by atoms with E-state index in [1.165, 1.54) is 6.07 Å². The van der Waals surface area contributed by atoms with Gasteiger partial charge < -0.3 is 9.47 Å². The minimum Gasteiger partial charge on any atom is -0.429 e. The second kappa shape index (κ2) is 10.7. The van der Waals surface area contributed by atoms with E-state index in [-0.39, 0.29) is 16.7 Å². The van der Waals surface area contributed by atoms with Crippen LogP contribution < -0.4 is 4.74 Å². The number of rotatable bonds is 8. The molecule has 1 aliphatic heterocycles. The van der Waals surface area contributed by atoms with Gasteiger partial charge >= 0.3 is 12.3 Å². The van der Waals surface area contributed by atoms with E-state index in [0.717, 1.165) is 55.5 Å². The van der Waals surface area contributed by atoms with Gasteiger partial charge in [0.05, 0.1) is 6.61 Å². The van der Waals surface area contributed by atoms with Crippen molar-refractivity contribution in [1.29, 1.82) is 0 Å². The molecule has 4 rings (SSSR count). The molecule has 0 amide bonds. The smallest absolute Gasteiger partial charge is 0.429 e. The summed E-state index contributed by atoms with van der Waals surface area (Å²) in [6.07, 6.45) is -7.34. The van der Waals surface area contributed by atoms with Crippen LogP contribution in [0.1, 0.15) is 48.4 Å².